The summed E-state index contributed by atoms with van der Waals surface area (Å²) in [6.45, 7) is 2.73. The van der Waals surface area contributed by atoms with E-state index in [0.29, 0.717) is 12.1 Å². The van der Waals surface area contributed by atoms with E-state index in [4.69, 9.17) is 0 Å². The van der Waals surface area contributed by atoms with Crippen LogP contribution in [0.3, 0.4) is 0 Å². The lowest BCUT2D eigenvalue weighted by Crippen LogP contribution is -2.28. The first-order valence-electron chi connectivity index (χ1n) is 12.4. The summed E-state index contributed by atoms with van der Waals surface area (Å²) in [7, 11) is 0. The zero-order valence-electron chi connectivity index (χ0n) is 20.6. The molecule has 0 bridgehead atoms. The molecule has 1 aromatic heterocycles. The highest BCUT2D eigenvalue weighted by Crippen LogP contribution is 2.24. The quantitative estimate of drug-likeness (QED) is 0.249. The molecule has 5 rings (SSSR count). The van der Waals surface area contributed by atoms with Gasteiger partial charge in [0, 0.05) is 29.2 Å². The number of nitrogens with one attached hydrogen (secondary N) is 1. The smallest absolute Gasteiger partial charge is 0.335 e. The molecule has 1 amide bonds. The largest absolute Gasteiger partial charge is 0.478 e. The summed E-state index contributed by atoms with van der Waals surface area (Å²) in [4.78, 5) is 24.4. The number of fused-ring (bicyclic) bond motifs is 1. The first-order chi connectivity index (χ1) is 18.0. The minimum atomic E-state index is -0.935. The number of rotatable bonds is 8. The maximum atomic E-state index is 13.0. The summed E-state index contributed by atoms with van der Waals surface area (Å²) in [5, 5.41) is 13.5. The molecule has 37 heavy (non-hydrogen) atoms. The lowest BCUT2D eigenvalue weighted by atomic mass is 10.0. The summed E-state index contributed by atoms with van der Waals surface area (Å²) in [5.41, 5.74) is 6.00. The first-order valence-corrected chi connectivity index (χ1v) is 12.4. The van der Waals surface area contributed by atoms with Gasteiger partial charge in [0.05, 0.1) is 11.6 Å². The molecule has 1 unspecified atom stereocenters. The van der Waals surface area contributed by atoms with E-state index >= 15 is 0 Å². The number of carbonyl (C=O) groups is 2. The second-order valence-corrected chi connectivity index (χ2v) is 9.15. The molecule has 0 saturated carbocycles. The third-order valence-electron chi connectivity index (χ3n) is 6.67. The summed E-state index contributed by atoms with van der Waals surface area (Å²) < 4.78 is 2.16. The van der Waals surface area contributed by atoms with Crippen LogP contribution in [0.5, 0.6) is 0 Å². The predicted molar refractivity (Wildman–Crippen MR) is 147 cm³/mol. The number of nitrogens with zero attached hydrogens (tertiary/aromatic N) is 1. The Labute approximate surface area is 216 Å². The van der Waals surface area contributed by atoms with E-state index in [1.165, 1.54) is 0 Å². The van der Waals surface area contributed by atoms with Gasteiger partial charge in [0.2, 0.25) is 0 Å². The molecule has 5 aromatic rings. The van der Waals surface area contributed by atoms with E-state index in [1.807, 2.05) is 79.0 Å². The molecule has 0 radical (unpaired) electrons. The molecule has 0 aliphatic heterocycles. The summed E-state index contributed by atoms with van der Waals surface area (Å²) in [6.07, 6.45) is 2.84. The van der Waals surface area contributed by atoms with Crippen molar-refractivity contribution < 1.29 is 14.7 Å². The maximum absolute atomic E-state index is 13.0. The second-order valence-electron chi connectivity index (χ2n) is 9.15. The summed E-state index contributed by atoms with van der Waals surface area (Å²) >= 11 is 0. The van der Waals surface area contributed by atoms with Crippen molar-refractivity contribution in [1.82, 2.24) is 9.88 Å². The number of benzene rings is 4. The van der Waals surface area contributed by atoms with Crippen molar-refractivity contribution in [2.24, 2.45) is 0 Å². The molecule has 0 spiro atoms. The van der Waals surface area contributed by atoms with Gasteiger partial charge in [-0.05, 0) is 71.1 Å². The molecular weight excluding hydrogens is 460 g/mol. The van der Waals surface area contributed by atoms with Crippen molar-refractivity contribution in [2.75, 3.05) is 0 Å². The standard InChI is InChI=1S/C32H28N2O3/c1-2-29(23-9-4-3-5-10-23)33-31(35)27-14-15-30-26(20-27)16-17-34(30)21-22-8-6-11-24(18-22)25-12-7-13-28(19-25)32(36)37/h3-20,29H,2,21H2,1H3,(H,33,35)(H,36,37). The fraction of sp³-hybridized carbons (Fsp3) is 0.125. The van der Waals surface area contributed by atoms with Crippen molar-refractivity contribution in [3.8, 4) is 11.1 Å². The van der Waals surface area contributed by atoms with Crippen molar-refractivity contribution >= 4 is 22.8 Å². The van der Waals surface area contributed by atoms with E-state index in [9.17, 15) is 14.7 Å². The van der Waals surface area contributed by atoms with Gasteiger partial charge < -0.3 is 15.0 Å². The molecular formula is C32H28N2O3. The van der Waals surface area contributed by atoms with Crippen LogP contribution in [0, 0.1) is 0 Å². The lowest BCUT2D eigenvalue weighted by molar-refractivity contribution is 0.0696. The monoisotopic (exact) mass is 488 g/mol. The topological polar surface area (TPSA) is 71.3 Å². The average molecular weight is 489 g/mol. The lowest BCUT2D eigenvalue weighted by Gasteiger charge is -2.17. The summed E-state index contributed by atoms with van der Waals surface area (Å²) in [6, 6.07) is 32.9. The van der Waals surface area contributed by atoms with Gasteiger partial charge in [-0.15, -0.1) is 0 Å². The van der Waals surface area contributed by atoms with Crippen LogP contribution in [0.2, 0.25) is 0 Å². The number of carboxylic acids is 1. The van der Waals surface area contributed by atoms with E-state index < -0.39 is 5.97 Å². The number of aromatic nitrogens is 1. The van der Waals surface area contributed by atoms with Gasteiger partial charge in [-0.1, -0.05) is 67.6 Å². The molecule has 1 heterocycles. The van der Waals surface area contributed by atoms with Crippen LogP contribution in [0.1, 0.15) is 51.2 Å². The Morgan fingerprint density at radius 2 is 1.57 bits per heavy atom. The summed E-state index contributed by atoms with van der Waals surface area (Å²) in [5.74, 6) is -1.02. The highest BCUT2D eigenvalue weighted by Gasteiger charge is 2.15. The molecule has 5 nitrogen and oxygen atoms in total. The molecule has 184 valence electrons. The number of hydrogen-bond donors (Lipinski definition) is 2. The Balaban J connectivity index is 1.35. The SMILES string of the molecule is CCC(NC(=O)c1ccc2c(ccn2Cc2cccc(-c3cccc(C(=O)O)c3)c2)c1)c1ccccc1. The van der Waals surface area contributed by atoms with Crippen LogP contribution in [0.4, 0.5) is 0 Å². The van der Waals surface area contributed by atoms with Crippen molar-refractivity contribution in [3.63, 3.8) is 0 Å². The molecule has 0 saturated heterocycles. The van der Waals surface area contributed by atoms with Gasteiger partial charge in [-0.2, -0.15) is 0 Å². The number of carboxylic acid groups (broad SMARTS) is 1. The molecule has 1 atom stereocenters. The number of carbonyl (C=O) groups excluding carboxylic acids is 1. The molecule has 0 aliphatic rings. The second kappa shape index (κ2) is 10.5. The molecule has 5 heteroatoms. The highest BCUT2D eigenvalue weighted by molar-refractivity contribution is 5.98. The Bertz CT molecular complexity index is 1570. The van der Waals surface area contributed by atoms with Crippen LogP contribution < -0.4 is 5.32 Å². The number of hydrogen-bond acceptors (Lipinski definition) is 2. The fourth-order valence-corrected chi connectivity index (χ4v) is 4.71. The van der Waals surface area contributed by atoms with Gasteiger partial charge in [0.15, 0.2) is 0 Å². The Morgan fingerprint density at radius 1 is 0.811 bits per heavy atom. The van der Waals surface area contributed by atoms with Gasteiger partial charge in [-0.25, -0.2) is 4.79 Å². The van der Waals surface area contributed by atoms with Crippen molar-refractivity contribution in [2.45, 2.75) is 25.9 Å². The van der Waals surface area contributed by atoms with Crippen LogP contribution in [-0.2, 0) is 6.54 Å². The molecule has 0 aliphatic carbocycles. The maximum Gasteiger partial charge on any atom is 0.335 e. The van der Waals surface area contributed by atoms with Crippen molar-refractivity contribution in [3.05, 3.63) is 132 Å². The van der Waals surface area contributed by atoms with E-state index in [0.717, 1.165) is 39.6 Å². The van der Waals surface area contributed by atoms with E-state index in [1.54, 1.807) is 18.2 Å². The minimum Gasteiger partial charge on any atom is -0.478 e. The van der Waals surface area contributed by atoms with Crippen molar-refractivity contribution in [1.29, 1.82) is 0 Å². The number of aromatic carboxylic acids is 1. The van der Waals surface area contributed by atoms with Crippen LogP contribution in [0.25, 0.3) is 22.0 Å². The molecule has 0 fully saturated rings. The normalized spacial score (nSPS) is 11.8. The Hall–Kier alpha value is -4.64. The predicted octanol–water partition coefficient (Wildman–Crippen LogP) is 6.94. The first kappa shape index (κ1) is 24.1. The zero-order chi connectivity index (χ0) is 25.8. The van der Waals surface area contributed by atoms with Crippen LogP contribution >= 0.6 is 0 Å². The van der Waals surface area contributed by atoms with Gasteiger partial charge in [0.1, 0.15) is 0 Å². The van der Waals surface area contributed by atoms with Crippen LogP contribution in [-0.4, -0.2) is 21.6 Å². The van der Waals surface area contributed by atoms with E-state index in [2.05, 4.69) is 28.9 Å². The zero-order valence-corrected chi connectivity index (χ0v) is 20.6. The number of amides is 1. The third kappa shape index (κ3) is 5.31. The molecule has 2 N–H and O–H groups in total. The average Bonchev–Trinajstić information content (AvgIpc) is 3.34. The van der Waals surface area contributed by atoms with Gasteiger partial charge >= 0.3 is 5.97 Å². The highest BCUT2D eigenvalue weighted by atomic mass is 16.4. The van der Waals surface area contributed by atoms with Crippen LogP contribution in [0.15, 0.2) is 109 Å². The third-order valence-corrected chi connectivity index (χ3v) is 6.67. The molecule has 4 aromatic carbocycles. The minimum absolute atomic E-state index is 0.0301. The van der Waals surface area contributed by atoms with Gasteiger partial charge in [0.25, 0.3) is 5.91 Å². The Kier molecular flexibility index (Phi) is 6.86. The Morgan fingerprint density at radius 3 is 2.32 bits per heavy atom. The van der Waals surface area contributed by atoms with Gasteiger partial charge in [-0.3, -0.25) is 4.79 Å². The fourth-order valence-electron chi connectivity index (χ4n) is 4.71. The van der Waals surface area contributed by atoms with E-state index in [-0.39, 0.29) is 17.5 Å².